The summed E-state index contributed by atoms with van der Waals surface area (Å²) in [7, 11) is 0. The SMILES string of the molecule is C/C(=N/Nc1nnc(C)c(=O)[nH]1)c1ccc2c(c1)CCC2. The largest absolute Gasteiger partial charge is 0.288 e. The van der Waals surface area contributed by atoms with E-state index in [0.717, 1.165) is 17.7 Å². The number of anilines is 1. The van der Waals surface area contributed by atoms with Crippen LogP contribution in [0.2, 0.25) is 0 Å². The van der Waals surface area contributed by atoms with Gasteiger partial charge in [0.25, 0.3) is 5.56 Å². The molecule has 0 saturated carbocycles. The molecule has 0 saturated heterocycles. The number of nitrogens with one attached hydrogen (secondary N) is 2. The van der Waals surface area contributed by atoms with E-state index in [-0.39, 0.29) is 11.5 Å². The first-order valence-corrected chi connectivity index (χ1v) is 6.99. The van der Waals surface area contributed by atoms with Gasteiger partial charge in [-0.2, -0.15) is 5.10 Å². The minimum absolute atomic E-state index is 0.242. The Kier molecular flexibility index (Phi) is 3.51. The Labute approximate surface area is 122 Å². The highest BCUT2D eigenvalue weighted by atomic mass is 16.1. The number of nitrogens with zero attached hydrogens (tertiary/aromatic N) is 3. The van der Waals surface area contributed by atoms with Crippen LogP contribution in [-0.4, -0.2) is 20.9 Å². The van der Waals surface area contributed by atoms with Crippen LogP contribution in [-0.2, 0) is 12.8 Å². The standard InChI is InChI=1S/C15H17N5O/c1-9(12-7-6-11-4-3-5-13(11)8-12)17-19-15-16-14(21)10(2)18-20-15/h6-8H,3-5H2,1-2H3,(H2,16,19,20,21)/b17-9-. The third-order valence-electron chi connectivity index (χ3n) is 3.71. The van der Waals surface area contributed by atoms with Gasteiger partial charge in [0, 0.05) is 0 Å². The summed E-state index contributed by atoms with van der Waals surface area (Å²) >= 11 is 0. The number of rotatable bonds is 3. The highest BCUT2D eigenvalue weighted by Gasteiger charge is 2.11. The molecular formula is C15H17N5O. The summed E-state index contributed by atoms with van der Waals surface area (Å²) < 4.78 is 0. The van der Waals surface area contributed by atoms with Gasteiger partial charge in [0.2, 0.25) is 5.95 Å². The first kappa shape index (κ1) is 13.5. The normalized spacial score (nSPS) is 14.1. The molecule has 21 heavy (non-hydrogen) atoms. The van der Waals surface area contributed by atoms with Crippen molar-refractivity contribution in [2.75, 3.05) is 5.43 Å². The molecule has 0 fully saturated rings. The summed E-state index contributed by atoms with van der Waals surface area (Å²) in [5.41, 5.74) is 7.57. The Balaban J connectivity index is 1.79. The van der Waals surface area contributed by atoms with Gasteiger partial charge in [-0.1, -0.05) is 12.1 Å². The molecular weight excluding hydrogens is 266 g/mol. The molecule has 0 radical (unpaired) electrons. The predicted molar refractivity (Wildman–Crippen MR) is 81.7 cm³/mol. The maximum absolute atomic E-state index is 11.4. The van der Waals surface area contributed by atoms with Crippen LogP contribution < -0.4 is 11.0 Å². The molecule has 0 unspecified atom stereocenters. The molecule has 0 spiro atoms. The maximum Gasteiger partial charge on any atom is 0.274 e. The van der Waals surface area contributed by atoms with Crippen LogP contribution in [0.3, 0.4) is 0 Å². The summed E-state index contributed by atoms with van der Waals surface area (Å²) in [5, 5.41) is 11.8. The van der Waals surface area contributed by atoms with Gasteiger partial charge in [0.05, 0.1) is 5.71 Å². The van der Waals surface area contributed by atoms with Gasteiger partial charge in [-0.05, 0) is 55.9 Å². The van der Waals surface area contributed by atoms with Gasteiger partial charge in [-0.25, -0.2) is 5.43 Å². The van der Waals surface area contributed by atoms with Crippen LogP contribution >= 0.6 is 0 Å². The zero-order chi connectivity index (χ0) is 14.8. The monoisotopic (exact) mass is 283 g/mol. The number of benzene rings is 1. The first-order valence-electron chi connectivity index (χ1n) is 6.99. The van der Waals surface area contributed by atoms with E-state index in [1.807, 2.05) is 6.92 Å². The molecule has 2 N–H and O–H groups in total. The van der Waals surface area contributed by atoms with E-state index < -0.39 is 0 Å². The number of fused-ring (bicyclic) bond motifs is 1. The lowest BCUT2D eigenvalue weighted by atomic mass is 10.0. The third-order valence-corrected chi connectivity index (χ3v) is 3.71. The molecule has 1 heterocycles. The molecule has 1 aliphatic rings. The Morgan fingerprint density at radius 2 is 2.10 bits per heavy atom. The van der Waals surface area contributed by atoms with Crippen LogP contribution in [0.15, 0.2) is 28.1 Å². The summed E-state index contributed by atoms with van der Waals surface area (Å²) in [6.45, 7) is 3.53. The summed E-state index contributed by atoms with van der Waals surface area (Å²) in [5.74, 6) is 0.242. The Bertz CT molecular complexity index is 763. The van der Waals surface area contributed by atoms with Gasteiger partial charge in [-0.15, -0.1) is 10.2 Å². The second-order valence-corrected chi connectivity index (χ2v) is 5.23. The van der Waals surface area contributed by atoms with E-state index in [0.29, 0.717) is 5.69 Å². The summed E-state index contributed by atoms with van der Waals surface area (Å²) in [4.78, 5) is 14.0. The van der Waals surface area contributed by atoms with E-state index in [9.17, 15) is 4.79 Å². The van der Waals surface area contributed by atoms with Crippen LogP contribution in [0.25, 0.3) is 0 Å². The molecule has 0 atom stereocenters. The maximum atomic E-state index is 11.4. The number of aromatic nitrogens is 3. The Morgan fingerprint density at radius 3 is 2.90 bits per heavy atom. The molecule has 1 aromatic carbocycles. The highest BCUT2D eigenvalue weighted by molar-refractivity contribution is 5.99. The van der Waals surface area contributed by atoms with Crippen molar-refractivity contribution in [2.45, 2.75) is 33.1 Å². The second kappa shape index (κ2) is 5.47. The fourth-order valence-corrected chi connectivity index (χ4v) is 2.44. The zero-order valence-corrected chi connectivity index (χ0v) is 12.1. The van der Waals surface area contributed by atoms with Crippen molar-refractivity contribution in [3.05, 3.63) is 50.9 Å². The van der Waals surface area contributed by atoms with E-state index in [4.69, 9.17) is 0 Å². The summed E-state index contributed by atoms with van der Waals surface area (Å²) in [6, 6.07) is 6.44. The molecule has 0 aliphatic heterocycles. The van der Waals surface area contributed by atoms with Gasteiger partial charge >= 0.3 is 0 Å². The number of aromatic amines is 1. The Hall–Kier alpha value is -2.50. The average Bonchev–Trinajstić information content (AvgIpc) is 2.95. The van der Waals surface area contributed by atoms with Crippen molar-refractivity contribution in [3.8, 4) is 0 Å². The molecule has 108 valence electrons. The fraction of sp³-hybridized carbons (Fsp3) is 0.333. The molecule has 2 aromatic rings. The van der Waals surface area contributed by atoms with Crippen molar-refractivity contribution in [3.63, 3.8) is 0 Å². The molecule has 3 rings (SSSR count). The van der Waals surface area contributed by atoms with E-state index in [1.54, 1.807) is 6.92 Å². The predicted octanol–water partition coefficient (Wildman–Crippen LogP) is 1.80. The zero-order valence-electron chi connectivity index (χ0n) is 12.1. The van der Waals surface area contributed by atoms with Crippen molar-refractivity contribution in [1.82, 2.24) is 15.2 Å². The van der Waals surface area contributed by atoms with Crippen LogP contribution in [0.5, 0.6) is 0 Å². The number of hydrazone groups is 1. The minimum Gasteiger partial charge on any atom is -0.288 e. The van der Waals surface area contributed by atoms with Crippen LogP contribution in [0.4, 0.5) is 5.95 Å². The third kappa shape index (κ3) is 2.84. The van der Waals surface area contributed by atoms with E-state index in [2.05, 4.69) is 43.9 Å². The lowest BCUT2D eigenvalue weighted by molar-refractivity contribution is 0.897. The molecule has 1 aliphatic carbocycles. The highest BCUT2D eigenvalue weighted by Crippen LogP contribution is 2.23. The number of H-pyrrole nitrogens is 1. The number of hydrogen-bond donors (Lipinski definition) is 2. The molecule has 6 heteroatoms. The minimum atomic E-state index is -0.266. The average molecular weight is 283 g/mol. The molecule has 1 aromatic heterocycles. The van der Waals surface area contributed by atoms with Crippen molar-refractivity contribution in [2.24, 2.45) is 5.10 Å². The lowest BCUT2D eigenvalue weighted by Gasteiger charge is -2.05. The topological polar surface area (TPSA) is 83.0 Å². The Morgan fingerprint density at radius 1 is 1.29 bits per heavy atom. The van der Waals surface area contributed by atoms with Crippen LogP contribution in [0.1, 0.15) is 35.7 Å². The van der Waals surface area contributed by atoms with E-state index >= 15 is 0 Å². The quantitative estimate of drug-likeness (QED) is 0.664. The lowest BCUT2D eigenvalue weighted by Crippen LogP contribution is -2.16. The second-order valence-electron chi connectivity index (χ2n) is 5.23. The van der Waals surface area contributed by atoms with Gasteiger partial charge in [0.15, 0.2) is 0 Å². The number of aryl methyl sites for hydroxylation is 3. The van der Waals surface area contributed by atoms with Crippen molar-refractivity contribution >= 4 is 11.7 Å². The number of hydrogen-bond acceptors (Lipinski definition) is 5. The molecule has 0 bridgehead atoms. The van der Waals surface area contributed by atoms with Gasteiger partial charge in [0.1, 0.15) is 5.69 Å². The fourth-order valence-electron chi connectivity index (χ4n) is 2.44. The smallest absolute Gasteiger partial charge is 0.274 e. The first-order chi connectivity index (χ1) is 10.1. The van der Waals surface area contributed by atoms with Gasteiger partial charge < -0.3 is 0 Å². The molecule has 6 nitrogen and oxygen atoms in total. The van der Waals surface area contributed by atoms with E-state index in [1.165, 1.54) is 24.0 Å². The van der Waals surface area contributed by atoms with Crippen LogP contribution in [0, 0.1) is 6.92 Å². The van der Waals surface area contributed by atoms with Crippen molar-refractivity contribution in [1.29, 1.82) is 0 Å². The van der Waals surface area contributed by atoms with Gasteiger partial charge in [-0.3, -0.25) is 9.78 Å². The summed E-state index contributed by atoms with van der Waals surface area (Å²) in [6.07, 6.45) is 3.54. The molecule has 0 amide bonds. The van der Waals surface area contributed by atoms with Crippen molar-refractivity contribution < 1.29 is 0 Å².